The molecule has 4 aromatic rings. The van der Waals surface area contributed by atoms with Crippen LogP contribution >= 0.6 is 0 Å². The lowest BCUT2D eigenvalue weighted by atomic mass is 10.2. The highest BCUT2D eigenvalue weighted by atomic mass is 19.4. The molecule has 4 rings (SSSR count). The molecule has 12 heteroatoms. The number of aryl methyl sites for hydroxylation is 1. The fraction of sp³-hybridized carbons (Fsp3) is 0.200. The average Bonchev–Trinajstić information content (AvgIpc) is 3.22. The number of aromatic nitrogens is 8. The van der Waals surface area contributed by atoms with E-state index in [0.717, 1.165) is 12.4 Å². The number of alkyl halides is 3. The Morgan fingerprint density at radius 2 is 1.81 bits per heavy atom. The molecule has 0 amide bonds. The van der Waals surface area contributed by atoms with Crippen molar-refractivity contribution in [2.45, 2.75) is 19.5 Å². The van der Waals surface area contributed by atoms with E-state index in [9.17, 15) is 17.6 Å². The molecule has 0 aromatic carbocycles. The normalized spacial score (nSPS) is 12.0. The summed E-state index contributed by atoms with van der Waals surface area (Å²) in [5.41, 5.74) is 1.39. The summed E-state index contributed by atoms with van der Waals surface area (Å²) in [6, 6.07) is 0. The number of H-pyrrole nitrogens is 1. The molecule has 4 heterocycles. The molecule has 0 aliphatic carbocycles. The van der Waals surface area contributed by atoms with E-state index in [1.807, 2.05) is 0 Å². The van der Waals surface area contributed by atoms with Crippen molar-refractivity contribution in [2.75, 3.05) is 0 Å². The van der Waals surface area contributed by atoms with Crippen LogP contribution in [0.2, 0.25) is 0 Å². The number of aromatic amines is 1. The van der Waals surface area contributed by atoms with Crippen molar-refractivity contribution < 1.29 is 17.6 Å². The minimum atomic E-state index is -4.71. The Bertz CT molecular complexity index is 1110. The van der Waals surface area contributed by atoms with Gasteiger partial charge in [-0.3, -0.25) is 9.50 Å². The van der Waals surface area contributed by atoms with Crippen LogP contribution < -0.4 is 0 Å². The Kier molecular flexibility index (Phi) is 3.82. The summed E-state index contributed by atoms with van der Waals surface area (Å²) in [5.74, 6) is -1.72. The number of nitrogens with zero attached hydrogens (tertiary/aromatic N) is 7. The third-order valence-corrected chi connectivity index (χ3v) is 3.67. The van der Waals surface area contributed by atoms with Gasteiger partial charge in [0, 0.05) is 18.8 Å². The lowest BCUT2D eigenvalue weighted by Crippen LogP contribution is -2.07. The summed E-state index contributed by atoms with van der Waals surface area (Å²) >= 11 is 0. The Balaban J connectivity index is 1.82. The smallest absolute Gasteiger partial charge is 0.278 e. The molecular formula is C15H10F4N8. The van der Waals surface area contributed by atoms with Crippen LogP contribution in [0.4, 0.5) is 17.6 Å². The van der Waals surface area contributed by atoms with Crippen molar-refractivity contribution in [2.24, 2.45) is 0 Å². The SMILES string of the molecule is Cc1ncc(Cc2nc(-c3nc(C(F)(F)F)n[nH]3)n3cc(F)cnc23)cn1. The second kappa shape index (κ2) is 6.07. The molecule has 0 unspecified atom stereocenters. The van der Waals surface area contributed by atoms with Crippen LogP contribution in [0.15, 0.2) is 24.8 Å². The summed E-state index contributed by atoms with van der Waals surface area (Å²) in [6.07, 6.45) is 0.808. The van der Waals surface area contributed by atoms with Gasteiger partial charge in [-0.15, -0.1) is 5.10 Å². The maximum absolute atomic E-state index is 13.7. The Hall–Kier alpha value is -3.44. The first-order valence-corrected chi connectivity index (χ1v) is 7.61. The number of imidazole rings is 1. The van der Waals surface area contributed by atoms with Crippen LogP contribution in [-0.2, 0) is 12.6 Å². The first-order chi connectivity index (χ1) is 12.8. The molecule has 4 aromatic heterocycles. The first-order valence-electron chi connectivity index (χ1n) is 7.61. The molecule has 0 spiro atoms. The fourth-order valence-electron chi connectivity index (χ4n) is 2.49. The quantitative estimate of drug-likeness (QED) is 0.550. The van der Waals surface area contributed by atoms with E-state index in [1.165, 1.54) is 4.40 Å². The molecule has 0 fully saturated rings. The van der Waals surface area contributed by atoms with Gasteiger partial charge < -0.3 is 0 Å². The van der Waals surface area contributed by atoms with Crippen LogP contribution in [0.1, 0.15) is 22.9 Å². The molecule has 0 atom stereocenters. The maximum Gasteiger partial charge on any atom is 0.453 e. The highest BCUT2D eigenvalue weighted by molar-refractivity contribution is 5.57. The minimum Gasteiger partial charge on any atom is -0.278 e. The van der Waals surface area contributed by atoms with Gasteiger partial charge in [0.15, 0.2) is 23.1 Å². The van der Waals surface area contributed by atoms with Gasteiger partial charge in [0.05, 0.1) is 18.1 Å². The Morgan fingerprint density at radius 1 is 1.07 bits per heavy atom. The van der Waals surface area contributed by atoms with Gasteiger partial charge in [0.2, 0.25) is 0 Å². The monoisotopic (exact) mass is 378 g/mol. The predicted molar refractivity (Wildman–Crippen MR) is 82.9 cm³/mol. The number of hydrogen-bond acceptors (Lipinski definition) is 6. The molecule has 0 aliphatic rings. The zero-order valence-electron chi connectivity index (χ0n) is 13.7. The zero-order valence-corrected chi connectivity index (χ0v) is 13.7. The highest BCUT2D eigenvalue weighted by Crippen LogP contribution is 2.28. The van der Waals surface area contributed by atoms with E-state index in [-0.39, 0.29) is 23.7 Å². The molecule has 0 radical (unpaired) electrons. The molecule has 0 saturated carbocycles. The van der Waals surface area contributed by atoms with Crippen LogP contribution in [0, 0.1) is 12.7 Å². The number of rotatable bonds is 3. The van der Waals surface area contributed by atoms with Crippen LogP contribution in [0.3, 0.4) is 0 Å². The second-order valence-electron chi connectivity index (χ2n) is 5.67. The van der Waals surface area contributed by atoms with Crippen LogP contribution in [0.5, 0.6) is 0 Å². The zero-order chi connectivity index (χ0) is 19.2. The summed E-state index contributed by atoms with van der Waals surface area (Å²) in [6.45, 7) is 1.74. The van der Waals surface area contributed by atoms with Crippen LogP contribution in [-0.4, -0.2) is 39.5 Å². The lowest BCUT2D eigenvalue weighted by Gasteiger charge is -1.99. The van der Waals surface area contributed by atoms with Crippen molar-refractivity contribution in [1.29, 1.82) is 0 Å². The molecule has 8 nitrogen and oxygen atoms in total. The Morgan fingerprint density at radius 3 is 2.48 bits per heavy atom. The third-order valence-electron chi connectivity index (χ3n) is 3.67. The fourth-order valence-corrected chi connectivity index (χ4v) is 2.49. The third kappa shape index (κ3) is 3.20. The highest BCUT2D eigenvalue weighted by Gasteiger charge is 2.36. The van der Waals surface area contributed by atoms with Crippen molar-refractivity contribution in [1.82, 2.24) is 39.5 Å². The van der Waals surface area contributed by atoms with Gasteiger partial charge in [-0.1, -0.05) is 0 Å². The van der Waals surface area contributed by atoms with Gasteiger partial charge in [-0.2, -0.15) is 13.2 Å². The van der Waals surface area contributed by atoms with Gasteiger partial charge in [-0.25, -0.2) is 29.3 Å². The molecule has 138 valence electrons. The molecule has 27 heavy (non-hydrogen) atoms. The topological polar surface area (TPSA) is 97.5 Å². The predicted octanol–water partition coefficient (Wildman–Crippen LogP) is 2.36. The summed E-state index contributed by atoms with van der Waals surface area (Å²) < 4.78 is 53.2. The Labute approximate surface area is 148 Å². The van der Waals surface area contributed by atoms with E-state index in [1.54, 1.807) is 19.3 Å². The van der Waals surface area contributed by atoms with Crippen molar-refractivity contribution in [3.05, 3.63) is 53.5 Å². The number of fused-ring (bicyclic) bond motifs is 1. The van der Waals surface area contributed by atoms with E-state index in [2.05, 4.69) is 35.1 Å². The van der Waals surface area contributed by atoms with Crippen molar-refractivity contribution >= 4 is 5.65 Å². The number of halogens is 4. The summed E-state index contributed by atoms with van der Waals surface area (Å²) in [5, 5.41) is 5.33. The van der Waals surface area contributed by atoms with E-state index in [0.29, 0.717) is 17.1 Å². The molecule has 0 aliphatic heterocycles. The van der Waals surface area contributed by atoms with Gasteiger partial charge >= 0.3 is 6.18 Å². The maximum atomic E-state index is 13.7. The lowest BCUT2D eigenvalue weighted by molar-refractivity contribution is -0.144. The largest absolute Gasteiger partial charge is 0.453 e. The molecular weight excluding hydrogens is 368 g/mol. The summed E-state index contributed by atoms with van der Waals surface area (Å²) in [7, 11) is 0. The number of hydrogen-bond donors (Lipinski definition) is 1. The van der Waals surface area contributed by atoms with Gasteiger partial charge in [0.25, 0.3) is 5.82 Å². The number of nitrogens with one attached hydrogen (secondary N) is 1. The van der Waals surface area contributed by atoms with Crippen LogP contribution in [0.25, 0.3) is 17.3 Å². The average molecular weight is 378 g/mol. The summed E-state index contributed by atoms with van der Waals surface area (Å²) in [4.78, 5) is 19.9. The van der Waals surface area contributed by atoms with Crippen molar-refractivity contribution in [3.63, 3.8) is 0 Å². The molecule has 0 bridgehead atoms. The van der Waals surface area contributed by atoms with E-state index in [4.69, 9.17) is 0 Å². The molecule has 0 saturated heterocycles. The van der Waals surface area contributed by atoms with Crippen molar-refractivity contribution in [3.8, 4) is 11.6 Å². The first kappa shape index (κ1) is 17.0. The van der Waals surface area contributed by atoms with E-state index >= 15 is 0 Å². The van der Waals surface area contributed by atoms with Gasteiger partial charge in [-0.05, 0) is 12.5 Å². The molecule has 1 N–H and O–H groups in total. The minimum absolute atomic E-state index is 0.0389. The standard InChI is InChI=1S/C15H10F4N8/c1-7-20-3-8(4-21-7)2-10-12-22-5-9(16)6-27(12)13(23-10)11-24-14(26-25-11)15(17,18)19/h3-6H,2H2,1H3,(H,24,25,26). The van der Waals surface area contributed by atoms with E-state index < -0.39 is 17.8 Å². The van der Waals surface area contributed by atoms with Gasteiger partial charge in [0.1, 0.15) is 5.82 Å². The second-order valence-corrected chi connectivity index (χ2v) is 5.67.